The highest BCUT2D eigenvalue weighted by Crippen LogP contribution is 2.20. The Morgan fingerprint density at radius 3 is 1.55 bits per heavy atom. The summed E-state index contributed by atoms with van der Waals surface area (Å²) in [4.78, 5) is 23.9. The van der Waals surface area contributed by atoms with Crippen LogP contribution in [0.15, 0.2) is 23.8 Å². The largest absolute Gasteiger partial charge is 0.347 e. The van der Waals surface area contributed by atoms with E-state index >= 15 is 0 Å². The highest BCUT2D eigenvalue weighted by atomic mass is 19.1. The first-order valence-electron chi connectivity index (χ1n) is 11.3. The van der Waals surface area contributed by atoms with E-state index in [0.29, 0.717) is 32.1 Å². The second-order valence-electron chi connectivity index (χ2n) is 7.96. The molecule has 2 N–H and O–H groups in total. The Balaban J connectivity index is 2.30. The zero-order valence-electron chi connectivity index (χ0n) is 18.1. The Labute approximate surface area is 174 Å². The highest BCUT2D eigenvalue weighted by molar-refractivity contribution is 5.92. The van der Waals surface area contributed by atoms with E-state index < -0.39 is 23.5 Å². The number of rotatable bonds is 14. The van der Waals surface area contributed by atoms with Crippen LogP contribution in [0, 0.1) is 0 Å². The molecular formula is C23H38F2N2O2. The van der Waals surface area contributed by atoms with Crippen LogP contribution in [0.4, 0.5) is 8.78 Å². The molecule has 0 aromatic rings. The molecule has 0 radical (unpaired) electrons. The van der Waals surface area contributed by atoms with E-state index in [0.717, 1.165) is 51.4 Å². The van der Waals surface area contributed by atoms with Crippen molar-refractivity contribution >= 4 is 11.8 Å². The van der Waals surface area contributed by atoms with Gasteiger partial charge in [0.2, 0.25) is 0 Å². The number of nitrogens with one attached hydrogen (secondary N) is 2. The molecule has 0 saturated heterocycles. The molecule has 2 atom stereocenters. The minimum absolute atomic E-state index is 0.201. The summed E-state index contributed by atoms with van der Waals surface area (Å²) < 4.78 is 27.8. The van der Waals surface area contributed by atoms with Crippen molar-refractivity contribution in [2.75, 3.05) is 0 Å². The van der Waals surface area contributed by atoms with Gasteiger partial charge in [-0.1, -0.05) is 52.4 Å². The maximum Gasteiger partial charge on any atom is 0.279 e. The van der Waals surface area contributed by atoms with Gasteiger partial charge in [-0.15, -0.1) is 0 Å². The van der Waals surface area contributed by atoms with E-state index in [1.54, 1.807) is 0 Å². The summed E-state index contributed by atoms with van der Waals surface area (Å²) in [6.45, 7) is 4.22. The monoisotopic (exact) mass is 412 g/mol. The Hall–Kier alpha value is -1.72. The van der Waals surface area contributed by atoms with Crippen LogP contribution >= 0.6 is 0 Å². The molecule has 0 aromatic heterocycles. The molecule has 2 amide bonds. The average Bonchev–Trinajstić information content (AvgIpc) is 3.13. The predicted octanol–water partition coefficient (Wildman–Crippen LogP) is 5.79. The molecule has 0 heterocycles. The maximum absolute atomic E-state index is 13.9. The van der Waals surface area contributed by atoms with Crippen molar-refractivity contribution < 1.29 is 18.4 Å². The first-order chi connectivity index (χ1) is 14.0. The minimum Gasteiger partial charge on any atom is -0.347 e. The predicted molar refractivity (Wildman–Crippen MR) is 114 cm³/mol. The van der Waals surface area contributed by atoms with Crippen molar-refractivity contribution in [1.29, 1.82) is 0 Å². The summed E-state index contributed by atoms with van der Waals surface area (Å²) in [5, 5.41) is 5.35. The summed E-state index contributed by atoms with van der Waals surface area (Å²) in [6.07, 6.45) is 13.9. The quantitative estimate of drug-likeness (QED) is 0.280. The number of hydrogen-bond donors (Lipinski definition) is 2. The molecule has 0 spiro atoms. The van der Waals surface area contributed by atoms with Gasteiger partial charge in [-0.05, 0) is 57.1 Å². The second-order valence-corrected chi connectivity index (χ2v) is 7.96. The number of allylic oxidation sites excluding steroid dienone is 2. The molecule has 1 aliphatic carbocycles. The van der Waals surface area contributed by atoms with E-state index in [1.807, 2.05) is 0 Å². The fraction of sp³-hybridized carbons (Fsp3) is 0.739. The Kier molecular flexibility index (Phi) is 13.2. The van der Waals surface area contributed by atoms with Gasteiger partial charge in [0.25, 0.3) is 11.8 Å². The first kappa shape index (κ1) is 25.3. The van der Waals surface area contributed by atoms with Crippen LogP contribution in [0.2, 0.25) is 0 Å². The van der Waals surface area contributed by atoms with E-state index in [-0.39, 0.29) is 12.1 Å². The minimum atomic E-state index is -0.744. The SMILES string of the molecule is CCCCCC/C=C(\F)C(=O)N[C@@H]1CC[C@H](NC(=O)/C(F)=C/CCCCCC)C1. The van der Waals surface area contributed by atoms with E-state index in [1.165, 1.54) is 12.2 Å². The molecule has 4 nitrogen and oxygen atoms in total. The third kappa shape index (κ3) is 11.1. The molecule has 0 bridgehead atoms. The molecule has 0 aliphatic heterocycles. The zero-order valence-corrected chi connectivity index (χ0v) is 18.1. The number of amides is 2. The lowest BCUT2D eigenvalue weighted by Gasteiger charge is -2.14. The smallest absolute Gasteiger partial charge is 0.279 e. The van der Waals surface area contributed by atoms with Crippen LogP contribution in [-0.4, -0.2) is 23.9 Å². The van der Waals surface area contributed by atoms with Gasteiger partial charge in [-0.3, -0.25) is 9.59 Å². The van der Waals surface area contributed by atoms with Gasteiger partial charge in [-0.25, -0.2) is 8.78 Å². The molecule has 1 rings (SSSR count). The lowest BCUT2D eigenvalue weighted by Crippen LogP contribution is -2.37. The van der Waals surface area contributed by atoms with Gasteiger partial charge < -0.3 is 10.6 Å². The van der Waals surface area contributed by atoms with E-state index in [4.69, 9.17) is 0 Å². The third-order valence-corrected chi connectivity index (χ3v) is 5.30. The highest BCUT2D eigenvalue weighted by Gasteiger charge is 2.28. The Morgan fingerprint density at radius 1 is 0.759 bits per heavy atom. The molecular weight excluding hydrogens is 374 g/mol. The van der Waals surface area contributed by atoms with Crippen LogP contribution in [0.25, 0.3) is 0 Å². The van der Waals surface area contributed by atoms with Crippen molar-refractivity contribution in [2.45, 2.75) is 109 Å². The van der Waals surface area contributed by atoms with Crippen LogP contribution in [0.3, 0.4) is 0 Å². The van der Waals surface area contributed by atoms with Crippen molar-refractivity contribution in [3.8, 4) is 0 Å². The van der Waals surface area contributed by atoms with Gasteiger partial charge in [0, 0.05) is 12.1 Å². The number of carbonyl (C=O) groups is 2. The van der Waals surface area contributed by atoms with Crippen LogP contribution in [0.5, 0.6) is 0 Å². The molecule has 1 aliphatic rings. The molecule has 6 heteroatoms. The summed E-state index contributed by atoms with van der Waals surface area (Å²) in [5.41, 5.74) is 0. The summed E-state index contributed by atoms with van der Waals surface area (Å²) in [7, 11) is 0. The van der Waals surface area contributed by atoms with Gasteiger partial charge in [-0.2, -0.15) is 0 Å². The van der Waals surface area contributed by atoms with Crippen LogP contribution in [-0.2, 0) is 9.59 Å². The molecule has 166 valence electrons. The fourth-order valence-electron chi connectivity index (χ4n) is 3.54. The lowest BCUT2D eigenvalue weighted by atomic mass is 10.1. The van der Waals surface area contributed by atoms with Gasteiger partial charge in [0.1, 0.15) is 0 Å². The maximum atomic E-state index is 13.9. The third-order valence-electron chi connectivity index (χ3n) is 5.30. The number of halogens is 2. The van der Waals surface area contributed by atoms with Gasteiger partial charge >= 0.3 is 0 Å². The van der Waals surface area contributed by atoms with Crippen molar-refractivity contribution in [3.63, 3.8) is 0 Å². The molecule has 1 saturated carbocycles. The van der Waals surface area contributed by atoms with Crippen LogP contribution in [0.1, 0.15) is 97.3 Å². The normalized spacial score (nSPS) is 20.0. The Morgan fingerprint density at radius 2 is 1.17 bits per heavy atom. The standard InChI is InChI=1S/C23H38F2N2O2/c1-3-5-7-9-11-13-20(24)22(28)26-18-15-16-19(17-18)27-23(29)21(25)14-12-10-8-6-4-2/h13-14,18-19H,3-12,15-17H2,1-2H3,(H,26,28)(H,27,29)/b20-13-,21-14-/t18-,19+. The summed E-state index contributed by atoms with van der Waals surface area (Å²) in [6, 6.07) is -0.402. The van der Waals surface area contributed by atoms with E-state index in [9.17, 15) is 18.4 Å². The van der Waals surface area contributed by atoms with Gasteiger partial charge in [0.05, 0.1) is 0 Å². The van der Waals surface area contributed by atoms with Crippen molar-refractivity contribution in [3.05, 3.63) is 23.8 Å². The average molecular weight is 413 g/mol. The molecule has 0 unspecified atom stereocenters. The second kappa shape index (κ2) is 15.2. The summed E-state index contributed by atoms with van der Waals surface area (Å²) >= 11 is 0. The Bertz CT molecular complexity index is 513. The van der Waals surface area contributed by atoms with Gasteiger partial charge in [0.15, 0.2) is 11.7 Å². The number of hydrogen-bond acceptors (Lipinski definition) is 2. The van der Waals surface area contributed by atoms with Crippen molar-refractivity contribution in [2.24, 2.45) is 0 Å². The first-order valence-corrected chi connectivity index (χ1v) is 11.3. The topological polar surface area (TPSA) is 58.2 Å². The molecule has 29 heavy (non-hydrogen) atoms. The summed E-state index contributed by atoms with van der Waals surface area (Å²) in [5.74, 6) is -2.89. The zero-order chi connectivity index (χ0) is 21.5. The fourth-order valence-corrected chi connectivity index (χ4v) is 3.54. The molecule has 1 fully saturated rings. The van der Waals surface area contributed by atoms with Crippen LogP contribution < -0.4 is 10.6 Å². The number of carbonyl (C=O) groups excluding carboxylic acids is 2. The molecule has 0 aromatic carbocycles. The van der Waals surface area contributed by atoms with E-state index in [2.05, 4.69) is 24.5 Å². The lowest BCUT2D eigenvalue weighted by molar-refractivity contribution is -0.119. The number of unbranched alkanes of at least 4 members (excludes halogenated alkanes) is 8. The van der Waals surface area contributed by atoms with Crippen molar-refractivity contribution in [1.82, 2.24) is 10.6 Å².